The number of rotatable bonds is 1. The second-order valence-corrected chi connectivity index (χ2v) is 4.68. The molecule has 1 aromatic heterocycles. The van der Waals surface area contributed by atoms with Gasteiger partial charge in [-0.3, -0.25) is 4.79 Å². The van der Waals surface area contributed by atoms with Crippen LogP contribution in [0.1, 0.15) is 12.6 Å². The molecule has 20 heavy (non-hydrogen) atoms. The normalized spacial score (nSPS) is 17.1. The minimum absolute atomic E-state index is 0.165. The van der Waals surface area contributed by atoms with E-state index in [1.54, 1.807) is 19.1 Å². The van der Waals surface area contributed by atoms with Crippen molar-refractivity contribution in [3.8, 4) is 17.0 Å². The number of amides is 1. The maximum absolute atomic E-state index is 11.6. The Kier molecular flexibility index (Phi) is 2.78. The zero-order chi connectivity index (χ0) is 14.3. The molecule has 102 valence electrons. The molecule has 2 aromatic rings. The minimum atomic E-state index is -0.486. The van der Waals surface area contributed by atoms with Gasteiger partial charge < -0.3 is 15.8 Å². The lowest BCUT2D eigenvalue weighted by atomic mass is 10.1. The van der Waals surface area contributed by atoms with Gasteiger partial charge in [0.1, 0.15) is 12.1 Å². The molecule has 0 saturated carbocycles. The van der Waals surface area contributed by atoms with Crippen molar-refractivity contribution in [2.45, 2.75) is 20.0 Å². The lowest BCUT2D eigenvalue weighted by molar-refractivity contribution is -0.122. The van der Waals surface area contributed by atoms with E-state index in [1.165, 1.54) is 6.33 Å². The number of nitrogens with one attached hydrogen (secondary N) is 1. The number of carbonyl (C=O) groups is 1. The minimum Gasteiger partial charge on any atom is -0.479 e. The number of ether oxygens (including phenoxy) is 1. The summed E-state index contributed by atoms with van der Waals surface area (Å²) < 4.78 is 5.51. The number of carbonyl (C=O) groups excluding carboxylic acids is 1. The van der Waals surface area contributed by atoms with Crippen molar-refractivity contribution in [2.75, 3.05) is 11.1 Å². The Morgan fingerprint density at radius 2 is 2.15 bits per heavy atom. The molecular weight excluding hydrogens is 256 g/mol. The van der Waals surface area contributed by atoms with Crippen molar-refractivity contribution in [3.05, 3.63) is 30.2 Å². The van der Waals surface area contributed by atoms with Crippen molar-refractivity contribution in [2.24, 2.45) is 0 Å². The van der Waals surface area contributed by atoms with Crippen molar-refractivity contribution in [1.29, 1.82) is 0 Å². The fourth-order valence-electron chi connectivity index (χ4n) is 2.07. The molecule has 0 spiro atoms. The topological polar surface area (TPSA) is 90.1 Å². The average molecular weight is 270 g/mol. The number of aryl methyl sites for hydroxylation is 1. The maximum atomic E-state index is 11.6. The molecule has 0 fully saturated rings. The summed E-state index contributed by atoms with van der Waals surface area (Å²) in [6, 6.07) is 5.47. The van der Waals surface area contributed by atoms with Crippen LogP contribution in [0.2, 0.25) is 0 Å². The van der Waals surface area contributed by atoms with Gasteiger partial charge in [-0.15, -0.1) is 0 Å². The third kappa shape index (κ3) is 1.95. The molecular formula is C14H14N4O2. The van der Waals surface area contributed by atoms with Crippen LogP contribution in [0, 0.1) is 6.92 Å². The molecule has 6 nitrogen and oxygen atoms in total. The number of fused-ring (bicyclic) bond motifs is 1. The van der Waals surface area contributed by atoms with Crippen LogP contribution in [-0.2, 0) is 4.79 Å². The van der Waals surface area contributed by atoms with Crippen LogP contribution in [-0.4, -0.2) is 22.0 Å². The Morgan fingerprint density at radius 3 is 2.95 bits per heavy atom. The zero-order valence-electron chi connectivity index (χ0n) is 11.2. The van der Waals surface area contributed by atoms with Crippen LogP contribution in [0.3, 0.4) is 0 Å². The first-order valence-electron chi connectivity index (χ1n) is 6.25. The molecule has 0 bridgehead atoms. The SMILES string of the molecule is Cc1ncnc(-c2ccc3c(c2)NC(=O)C(C)O3)c1N. The van der Waals surface area contributed by atoms with E-state index in [9.17, 15) is 4.79 Å². The second kappa shape index (κ2) is 4.48. The number of aromatic nitrogens is 2. The summed E-state index contributed by atoms with van der Waals surface area (Å²) in [6.45, 7) is 3.53. The zero-order valence-corrected chi connectivity index (χ0v) is 11.2. The highest BCUT2D eigenvalue weighted by Gasteiger charge is 2.24. The largest absolute Gasteiger partial charge is 0.479 e. The van der Waals surface area contributed by atoms with Gasteiger partial charge in [0.25, 0.3) is 5.91 Å². The summed E-state index contributed by atoms with van der Waals surface area (Å²) in [5.41, 5.74) is 9.33. The smallest absolute Gasteiger partial charge is 0.265 e. The highest BCUT2D eigenvalue weighted by molar-refractivity contribution is 5.98. The van der Waals surface area contributed by atoms with Crippen molar-refractivity contribution >= 4 is 17.3 Å². The van der Waals surface area contributed by atoms with E-state index in [1.807, 2.05) is 13.0 Å². The fraction of sp³-hybridized carbons (Fsp3) is 0.214. The number of nitrogens with zero attached hydrogens (tertiary/aromatic N) is 2. The molecule has 1 aliphatic heterocycles. The summed E-state index contributed by atoms with van der Waals surface area (Å²) in [5.74, 6) is 0.478. The summed E-state index contributed by atoms with van der Waals surface area (Å²) >= 11 is 0. The summed E-state index contributed by atoms with van der Waals surface area (Å²) in [7, 11) is 0. The monoisotopic (exact) mass is 270 g/mol. The van der Waals surface area contributed by atoms with E-state index >= 15 is 0 Å². The van der Waals surface area contributed by atoms with Crippen LogP contribution in [0.25, 0.3) is 11.3 Å². The van der Waals surface area contributed by atoms with Gasteiger partial charge >= 0.3 is 0 Å². The first-order chi connectivity index (χ1) is 9.56. The van der Waals surface area contributed by atoms with Crippen molar-refractivity contribution < 1.29 is 9.53 Å². The van der Waals surface area contributed by atoms with Gasteiger partial charge in [0.2, 0.25) is 0 Å². The van der Waals surface area contributed by atoms with Crippen LogP contribution in [0.15, 0.2) is 24.5 Å². The van der Waals surface area contributed by atoms with Crippen LogP contribution in [0.4, 0.5) is 11.4 Å². The predicted octanol–water partition coefficient (Wildman–Crippen LogP) is 1.75. The fourth-order valence-corrected chi connectivity index (χ4v) is 2.07. The van der Waals surface area contributed by atoms with Gasteiger partial charge in [-0.25, -0.2) is 9.97 Å². The summed E-state index contributed by atoms with van der Waals surface area (Å²) in [6.07, 6.45) is 0.983. The lowest BCUT2D eigenvalue weighted by Crippen LogP contribution is -2.34. The molecule has 0 radical (unpaired) electrons. The van der Waals surface area contributed by atoms with Gasteiger partial charge in [-0.1, -0.05) is 0 Å². The van der Waals surface area contributed by atoms with E-state index in [0.29, 0.717) is 22.8 Å². The number of hydrogen-bond acceptors (Lipinski definition) is 5. The Bertz CT molecular complexity index is 700. The molecule has 0 saturated heterocycles. The molecule has 3 N–H and O–H groups in total. The van der Waals surface area contributed by atoms with E-state index < -0.39 is 6.10 Å². The van der Waals surface area contributed by atoms with Crippen molar-refractivity contribution in [3.63, 3.8) is 0 Å². The molecule has 0 aliphatic carbocycles. The summed E-state index contributed by atoms with van der Waals surface area (Å²) in [5, 5.41) is 2.81. The van der Waals surface area contributed by atoms with Gasteiger partial charge in [0.15, 0.2) is 6.10 Å². The van der Waals surface area contributed by atoms with Crippen LogP contribution < -0.4 is 15.8 Å². The highest BCUT2D eigenvalue weighted by atomic mass is 16.5. The third-order valence-corrected chi connectivity index (χ3v) is 3.27. The van der Waals surface area contributed by atoms with Gasteiger partial charge in [0, 0.05) is 5.56 Å². The second-order valence-electron chi connectivity index (χ2n) is 4.68. The average Bonchev–Trinajstić information content (AvgIpc) is 2.43. The molecule has 6 heteroatoms. The third-order valence-electron chi connectivity index (χ3n) is 3.27. The summed E-state index contributed by atoms with van der Waals surface area (Å²) in [4.78, 5) is 19.9. The van der Waals surface area contributed by atoms with Crippen molar-refractivity contribution in [1.82, 2.24) is 9.97 Å². The quantitative estimate of drug-likeness (QED) is 0.824. The molecule has 1 unspecified atom stereocenters. The lowest BCUT2D eigenvalue weighted by Gasteiger charge is -2.23. The van der Waals surface area contributed by atoms with Gasteiger partial charge in [0.05, 0.1) is 22.8 Å². The number of nitrogen functional groups attached to an aromatic ring is 1. The van der Waals surface area contributed by atoms with Gasteiger partial charge in [-0.05, 0) is 32.0 Å². The highest BCUT2D eigenvalue weighted by Crippen LogP contribution is 2.35. The van der Waals surface area contributed by atoms with Crippen LogP contribution >= 0.6 is 0 Å². The van der Waals surface area contributed by atoms with E-state index in [4.69, 9.17) is 10.5 Å². The number of hydrogen-bond donors (Lipinski definition) is 2. The Hall–Kier alpha value is -2.63. The molecule has 1 amide bonds. The van der Waals surface area contributed by atoms with E-state index in [-0.39, 0.29) is 5.91 Å². The Balaban J connectivity index is 2.07. The Morgan fingerprint density at radius 1 is 1.35 bits per heavy atom. The molecule has 2 heterocycles. The molecule has 1 aromatic carbocycles. The molecule has 1 aliphatic rings. The van der Waals surface area contributed by atoms with E-state index in [2.05, 4.69) is 15.3 Å². The first-order valence-corrected chi connectivity index (χ1v) is 6.25. The predicted molar refractivity (Wildman–Crippen MR) is 75.3 cm³/mol. The van der Waals surface area contributed by atoms with Crippen LogP contribution in [0.5, 0.6) is 5.75 Å². The molecule has 1 atom stereocenters. The Labute approximate surface area is 116 Å². The number of benzene rings is 1. The number of anilines is 2. The number of nitrogens with two attached hydrogens (primary N) is 1. The first kappa shape index (κ1) is 12.4. The molecule has 3 rings (SSSR count). The standard InChI is InChI=1S/C14H14N4O2/c1-7-12(15)13(17-6-16-7)9-3-4-11-10(5-9)18-14(19)8(2)20-11/h3-6,8H,15H2,1-2H3,(H,18,19). The van der Waals surface area contributed by atoms with E-state index in [0.717, 1.165) is 11.3 Å². The maximum Gasteiger partial charge on any atom is 0.265 e. The van der Waals surface area contributed by atoms with Gasteiger partial charge in [-0.2, -0.15) is 0 Å².